The van der Waals surface area contributed by atoms with Crippen molar-refractivity contribution in [2.75, 3.05) is 5.32 Å². The van der Waals surface area contributed by atoms with Crippen molar-refractivity contribution in [3.8, 4) is 0 Å². The first-order valence-corrected chi connectivity index (χ1v) is 5.64. The Morgan fingerprint density at radius 2 is 2.06 bits per heavy atom. The van der Waals surface area contributed by atoms with Gasteiger partial charge in [-0.3, -0.25) is 0 Å². The quantitative estimate of drug-likeness (QED) is 0.850. The van der Waals surface area contributed by atoms with E-state index < -0.39 is 5.82 Å². The summed E-state index contributed by atoms with van der Waals surface area (Å²) in [6, 6.07) is 7.44. The molecule has 17 heavy (non-hydrogen) atoms. The maximum absolute atomic E-state index is 13.7. The molecule has 0 saturated carbocycles. The van der Waals surface area contributed by atoms with E-state index in [9.17, 15) is 4.39 Å². The van der Waals surface area contributed by atoms with E-state index in [0.29, 0.717) is 11.6 Å². The maximum atomic E-state index is 13.7. The third kappa shape index (κ3) is 2.53. The molecule has 3 nitrogen and oxygen atoms in total. The minimum atomic E-state index is -0.447. The van der Waals surface area contributed by atoms with E-state index in [-0.39, 0.29) is 5.82 Å². The predicted molar refractivity (Wildman–Crippen MR) is 66.0 cm³/mol. The zero-order valence-corrected chi connectivity index (χ0v) is 10.0. The molecule has 1 N–H and O–H groups in total. The summed E-state index contributed by atoms with van der Waals surface area (Å²) in [5, 5.41) is 2.92. The van der Waals surface area contributed by atoms with Gasteiger partial charge in [-0.1, -0.05) is 18.2 Å². The van der Waals surface area contributed by atoms with Crippen molar-refractivity contribution < 1.29 is 4.39 Å². The van der Waals surface area contributed by atoms with Crippen LogP contribution in [0.1, 0.15) is 11.3 Å². The summed E-state index contributed by atoms with van der Waals surface area (Å²) >= 11 is 5.80. The number of rotatable bonds is 3. The lowest BCUT2D eigenvalue weighted by atomic mass is 10.2. The van der Waals surface area contributed by atoms with Gasteiger partial charge in [0.1, 0.15) is 6.33 Å². The third-order valence-electron chi connectivity index (χ3n) is 2.38. The smallest absolute Gasteiger partial charge is 0.186 e. The number of halogens is 2. The average molecular weight is 252 g/mol. The number of para-hydroxylation sites is 1. The highest BCUT2D eigenvalue weighted by Crippen LogP contribution is 2.22. The SMILES string of the molecule is Cc1ncnc(Nc2ccccc2CCl)c1F. The second kappa shape index (κ2) is 5.10. The molecule has 1 aromatic carbocycles. The van der Waals surface area contributed by atoms with E-state index in [1.807, 2.05) is 24.3 Å². The van der Waals surface area contributed by atoms with Crippen LogP contribution in [0.15, 0.2) is 30.6 Å². The topological polar surface area (TPSA) is 37.8 Å². The van der Waals surface area contributed by atoms with E-state index in [0.717, 1.165) is 11.3 Å². The Morgan fingerprint density at radius 3 is 2.82 bits per heavy atom. The fourth-order valence-electron chi connectivity index (χ4n) is 1.43. The molecule has 2 aromatic rings. The molecule has 0 unspecified atom stereocenters. The molecular weight excluding hydrogens is 241 g/mol. The minimum absolute atomic E-state index is 0.162. The summed E-state index contributed by atoms with van der Waals surface area (Å²) in [4.78, 5) is 7.64. The number of anilines is 2. The third-order valence-corrected chi connectivity index (χ3v) is 2.67. The van der Waals surface area contributed by atoms with Crippen molar-refractivity contribution in [1.82, 2.24) is 9.97 Å². The monoisotopic (exact) mass is 251 g/mol. The lowest BCUT2D eigenvalue weighted by Crippen LogP contribution is -2.02. The number of nitrogens with one attached hydrogen (secondary N) is 1. The molecule has 0 spiro atoms. The number of aryl methyl sites for hydroxylation is 1. The zero-order chi connectivity index (χ0) is 12.3. The first-order chi connectivity index (χ1) is 8.22. The number of nitrogens with zero attached hydrogens (tertiary/aromatic N) is 2. The number of alkyl halides is 1. The van der Waals surface area contributed by atoms with Crippen molar-refractivity contribution >= 4 is 23.1 Å². The minimum Gasteiger partial charge on any atom is -0.337 e. The molecular formula is C12H11ClFN3. The van der Waals surface area contributed by atoms with E-state index >= 15 is 0 Å². The van der Waals surface area contributed by atoms with Gasteiger partial charge < -0.3 is 5.32 Å². The highest BCUT2D eigenvalue weighted by Gasteiger charge is 2.09. The van der Waals surface area contributed by atoms with Crippen molar-refractivity contribution in [3.63, 3.8) is 0 Å². The van der Waals surface area contributed by atoms with Crippen LogP contribution < -0.4 is 5.32 Å². The van der Waals surface area contributed by atoms with Crippen molar-refractivity contribution in [2.24, 2.45) is 0 Å². The second-order valence-corrected chi connectivity index (χ2v) is 3.80. The normalized spacial score (nSPS) is 10.3. The molecule has 2 rings (SSSR count). The summed E-state index contributed by atoms with van der Waals surface area (Å²) in [6.07, 6.45) is 1.32. The van der Waals surface area contributed by atoms with Crippen LogP contribution in [0.5, 0.6) is 0 Å². The highest BCUT2D eigenvalue weighted by molar-refractivity contribution is 6.17. The fraction of sp³-hybridized carbons (Fsp3) is 0.167. The van der Waals surface area contributed by atoms with Gasteiger partial charge in [0.25, 0.3) is 0 Å². The first-order valence-electron chi connectivity index (χ1n) is 5.10. The van der Waals surface area contributed by atoms with Gasteiger partial charge in [-0.25, -0.2) is 14.4 Å². The van der Waals surface area contributed by atoms with Crippen molar-refractivity contribution in [2.45, 2.75) is 12.8 Å². The molecule has 0 aliphatic carbocycles. The summed E-state index contributed by atoms with van der Waals surface area (Å²) in [5.74, 6) is 0.0708. The van der Waals surface area contributed by atoms with Crippen LogP contribution in [0, 0.1) is 12.7 Å². The Balaban J connectivity index is 2.35. The lowest BCUT2D eigenvalue weighted by molar-refractivity contribution is 0.607. The maximum Gasteiger partial charge on any atom is 0.186 e. The Bertz CT molecular complexity index is 531. The molecule has 0 radical (unpaired) electrons. The summed E-state index contributed by atoms with van der Waals surface area (Å²) in [7, 11) is 0. The van der Waals surface area contributed by atoms with E-state index in [4.69, 9.17) is 11.6 Å². The number of hydrogen-bond donors (Lipinski definition) is 1. The van der Waals surface area contributed by atoms with E-state index in [1.165, 1.54) is 6.33 Å². The first kappa shape index (κ1) is 11.8. The van der Waals surface area contributed by atoms with E-state index in [1.54, 1.807) is 6.92 Å². The number of benzene rings is 1. The van der Waals surface area contributed by atoms with Gasteiger partial charge in [0, 0.05) is 11.6 Å². The standard InChI is InChI=1S/C12H11ClFN3/c1-8-11(14)12(16-7-15-8)17-10-5-3-2-4-9(10)6-13/h2-5,7H,6H2,1H3,(H,15,16,17). The lowest BCUT2D eigenvalue weighted by Gasteiger charge is -2.10. The molecule has 0 amide bonds. The van der Waals surface area contributed by atoms with Gasteiger partial charge in [0.05, 0.1) is 5.69 Å². The molecule has 0 bridgehead atoms. The van der Waals surface area contributed by atoms with Crippen LogP contribution in [0.2, 0.25) is 0 Å². The molecule has 0 aliphatic heterocycles. The van der Waals surface area contributed by atoms with Gasteiger partial charge in [-0.05, 0) is 18.6 Å². The zero-order valence-electron chi connectivity index (χ0n) is 9.24. The number of aromatic nitrogens is 2. The van der Waals surface area contributed by atoms with Crippen molar-refractivity contribution in [3.05, 3.63) is 47.7 Å². The Morgan fingerprint density at radius 1 is 1.29 bits per heavy atom. The Kier molecular flexibility index (Phi) is 3.54. The molecule has 1 aromatic heterocycles. The average Bonchev–Trinajstić information content (AvgIpc) is 2.35. The molecule has 1 heterocycles. The van der Waals surface area contributed by atoms with Gasteiger partial charge >= 0.3 is 0 Å². The van der Waals surface area contributed by atoms with Crippen LogP contribution in [0.3, 0.4) is 0 Å². The Labute approximate surface area is 104 Å². The predicted octanol–water partition coefficient (Wildman–Crippen LogP) is 3.41. The molecule has 0 atom stereocenters. The van der Waals surface area contributed by atoms with Crippen LogP contribution in [-0.2, 0) is 5.88 Å². The van der Waals surface area contributed by atoms with Crippen LogP contribution >= 0.6 is 11.6 Å². The molecule has 5 heteroatoms. The van der Waals surface area contributed by atoms with Crippen molar-refractivity contribution in [1.29, 1.82) is 0 Å². The largest absolute Gasteiger partial charge is 0.337 e. The fourth-order valence-corrected chi connectivity index (χ4v) is 1.66. The summed E-state index contributed by atoms with van der Waals surface area (Å²) in [6.45, 7) is 1.59. The van der Waals surface area contributed by atoms with Crippen LogP contribution in [0.25, 0.3) is 0 Å². The van der Waals surface area contributed by atoms with Gasteiger partial charge in [-0.2, -0.15) is 0 Å². The van der Waals surface area contributed by atoms with Crippen LogP contribution in [-0.4, -0.2) is 9.97 Å². The highest BCUT2D eigenvalue weighted by atomic mass is 35.5. The van der Waals surface area contributed by atoms with E-state index in [2.05, 4.69) is 15.3 Å². The van der Waals surface area contributed by atoms with Gasteiger partial charge in [-0.15, -0.1) is 11.6 Å². The summed E-state index contributed by atoms with van der Waals surface area (Å²) in [5.41, 5.74) is 1.95. The second-order valence-electron chi connectivity index (χ2n) is 3.54. The van der Waals surface area contributed by atoms with Gasteiger partial charge in [0.15, 0.2) is 11.6 Å². The Hall–Kier alpha value is -1.68. The molecule has 0 aliphatic rings. The van der Waals surface area contributed by atoms with Crippen LogP contribution in [0.4, 0.5) is 15.9 Å². The molecule has 88 valence electrons. The number of hydrogen-bond acceptors (Lipinski definition) is 3. The summed E-state index contributed by atoms with van der Waals surface area (Å²) < 4.78 is 13.7. The molecule has 0 fully saturated rings. The van der Waals surface area contributed by atoms with Gasteiger partial charge in [0.2, 0.25) is 0 Å². The molecule has 0 saturated heterocycles.